The van der Waals surface area contributed by atoms with Crippen molar-refractivity contribution in [3.63, 3.8) is 0 Å². The Balaban J connectivity index is 0.00000100. The molecular formula is C28H37FN4O2. The Morgan fingerprint density at radius 1 is 1.26 bits per heavy atom. The van der Waals surface area contributed by atoms with Crippen LogP contribution in [0.5, 0.6) is 5.75 Å². The number of rotatable bonds is 10. The number of aliphatic hydroxyl groups is 1. The lowest BCUT2D eigenvalue weighted by Gasteiger charge is -2.29. The number of hydrogen-bond donors (Lipinski definition) is 3. The molecule has 35 heavy (non-hydrogen) atoms. The van der Waals surface area contributed by atoms with Gasteiger partial charge in [-0.3, -0.25) is 5.32 Å². The van der Waals surface area contributed by atoms with E-state index in [1.807, 2.05) is 43.4 Å². The highest BCUT2D eigenvalue weighted by molar-refractivity contribution is 5.70. The van der Waals surface area contributed by atoms with Gasteiger partial charge < -0.3 is 25.0 Å². The molecule has 3 N–H and O–H groups in total. The third-order valence-corrected chi connectivity index (χ3v) is 5.89. The molecule has 0 unspecified atom stereocenters. The third-order valence-electron chi connectivity index (χ3n) is 5.89. The molecule has 3 rings (SSSR count). The van der Waals surface area contributed by atoms with Gasteiger partial charge in [-0.15, -0.1) is 0 Å². The van der Waals surface area contributed by atoms with Crippen LogP contribution in [0, 0.1) is 11.7 Å². The van der Waals surface area contributed by atoms with Gasteiger partial charge in [0.05, 0.1) is 13.8 Å². The fourth-order valence-corrected chi connectivity index (χ4v) is 3.81. The molecule has 0 radical (unpaired) electrons. The van der Waals surface area contributed by atoms with Crippen LogP contribution in [0.1, 0.15) is 11.1 Å². The van der Waals surface area contributed by atoms with Crippen molar-refractivity contribution < 1.29 is 14.2 Å². The van der Waals surface area contributed by atoms with Crippen LogP contribution in [0.25, 0.3) is 5.70 Å². The molecule has 1 aliphatic rings. The van der Waals surface area contributed by atoms with Crippen molar-refractivity contribution in [3.8, 4) is 5.75 Å². The maximum absolute atomic E-state index is 13.3. The SMILES string of the molecule is C=C/C(=C\N(C)c1ccc(F)cc1)[C@@H](CN1Cc2ccc(OC)cc2C1=C)C(=C)NC.CNCO. The van der Waals surface area contributed by atoms with E-state index in [1.54, 1.807) is 26.3 Å². The Labute approximate surface area is 208 Å². The van der Waals surface area contributed by atoms with Crippen LogP contribution < -0.4 is 20.3 Å². The fraction of sp³-hybridized carbons (Fsp3) is 0.286. The number of ether oxygens (including phenoxy) is 1. The van der Waals surface area contributed by atoms with Gasteiger partial charge in [0.2, 0.25) is 0 Å². The Bertz CT molecular complexity index is 1050. The number of anilines is 1. The van der Waals surface area contributed by atoms with Crippen LogP contribution in [0.15, 0.2) is 85.7 Å². The molecular weight excluding hydrogens is 443 g/mol. The summed E-state index contributed by atoms with van der Waals surface area (Å²) >= 11 is 0. The molecule has 0 aliphatic carbocycles. The molecule has 7 heteroatoms. The second-order valence-electron chi connectivity index (χ2n) is 8.11. The quantitative estimate of drug-likeness (QED) is 0.348. The number of methoxy groups -OCH3 is 1. The molecule has 6 nitrogen and oxygen atoms in total. The molecule has 0 spiro atoms. The summed E-state index contributed by atoms with van der Waals surface area (Å²) in [5.74, 6) is 0.555. The molecule has 1 aliphatic heterocycles. The Kier molecular flexibility index (Phi) is 10.6. The lowest BCUT2D eigenvalue weighted by molar-refractivity contribution is 0.273. The molecule has 0 aromatic heterocycles. The van der Waals surface area contributed by atoms with Crippen molar-refractivity contribution in [2.75, 3.05) is 46.4 Å². The number of benzene rings is 2. The van der Waals surface area contributed by atoms with Crippen LogP contribution in [0.3, 0.4) is 0 Å². The molecule has 1 atom stereocenters. The molecule has 188 valence electrons. The Hall–Kier alpha value is -3.55. The van der Waals surface area contributed by atoms with E-state index in [2.05, 4.69) is 41.3 Å². The smallest absolute Gasteiger partial charge is 0.123 e. The number of nitrogens with zero attached hydrogens (tertiary/aromatic N) is 2. The summed E-state index contributed by atoms with van der Waals surface area (Å²) in [4.78, 5) is 4.22. The summed E-state index contributed by atoms with van der Waals surface area (Å²) < 4.78 is 18.7. The lowest BCUT2D eigenvalue weighted by Crippen LogP contribution is -2.30. The van der Waals surface area contributed by atoms with E-state index >= 15 is 0 Å². The Morgan fingerprint density at radius 2 is 1.91 bits per heavy atom. The summed E-state index contributed by atoms with van der Waals surface area (Å²) in [6.07, 6.45) is 3.87. The minimum absolute atomic E-state index is 0.0154. The molecule has 0 fully saturated rings. The second kappa shape index (κ2) is 13.4. The van der Waals surface area contributed by atoms with Crippen molar-refractivity contribution in [2.45, 2.75) is 6.54 Å². The number of allylic oxidation sites excluding steroid dienone is 1. The van der Waals surface area contributed by atoms with Crippen LogP contribution >= 0.6 is 0 Å². The van der Waals surface area contributed by atoms with Crippen LogP contribution in [0.4, 0.5) is 10.1 Å². The van der Waals surface area contributed by atoms with E-state index in [0.717, 1.165) is 40.5 Å². The average molecular weight is 481 g/mol. The average Bonchev–Trinajstić information content (AvgIpc) is 3.20. The first kappa shape index (κ1) is 27.7. The highest BCUT2D eigenvalue weighted by Gasteiger charge is 2.27. The van der Waals surface area contributed by atoms with E-state index in [0.29, 0.717) is 6.54 Å². The minimum Gasteiger partial charge on any atom is -0.497 e. The van der Waals surface area contributed by atoms with E-state index < -0.39 is 0 Å². The molecule has 0 saturated carbocycles. The normalized spacial score (nSPS) is 13.4. The molecule has 1 heterocycles. The molecule has 0 amide bonds. The van der Waals surface area contributed by atoms with Crippen LogP contribution in [-0.4, -0.2) is 51.5 Å². The summed E-state index contributed by atoms with van der Waals surface area (Å²) in [5, 5.41) is 13.5. The predicted octanol–water partition coefficient (Wildman–Crippen LogP) is 4.33. The summed E-state index contributed by atoms with van der Waals surface area (Å²) in [6, 6.07) is 12.5. The lowest BCUT2D eigenvalue weighted by atomic mass is 9.95. The van der Waals surface area contributed by atoms with Gasteiger partial charge in [-0.2, -0.15) is 0 Å². The number of aliphatic hydroxyl groups excluding tert-OH is 1. The number of hydrogen-bond acceptors (Lipinski definition) is 6. The zero-order chi connectivity index (χ0) is 26.0. The van der Waals surface area contributed by atoms with Gasteiger partial charge >= 0.3 is 0 Å². The standard InChI is InChI=1S/C26H30FN3O.C2H7NO/c1-7-20(15-29(5)23-11-9-22(27)10-12-23)26(18(2)28-4)17-30-16-21-8-13-24(31-6)14-25(21)19(30)3;1-3-2-4/h7-15,26,28H,1-3,16-17H2,4-6H3;3-4H,2H2,1H3/b20-15+;/t26-;/m0./s1. The van der Waals surface area contributed by atoms with E-state index in [-0.39, 0.29) is 18.5 Å². The molecule has 2 aromatic carbocycles. The zero-order valence-electron chi connectivity index (χ0n) is 21.1. The van der Waals surface area contributed by atoms with Crippen molar-refractivity contribution in [3.05, 3.63) is 103 Å². The maximum Gasteiger partial charge on any atom is 0.123 e. The predicted molar refractivity (Wildman–Crippen MR) is 143 cm³/mol. The van der Waals surface area contributed by atoms with Crippen LogP contribution in [-0.2, 0) is 6.54 Å². The zero-order valence-corrected chi connectivity index (χ0v) is 21.1. The van der Waals surface area contributed by atoms with Gasteiger partial charge in [-0.25, -0.2) is 4.39 Å². The number of halogens is 1. The highest BCUT2D eigenvalue weighted by Crippen LogP contribution is 2.36. The van der Waals surface area contributed by atoms with E-state index in [1.165, 1.54) is 17.7 Å². The fourth-order valence-electron chi connectivity index (χ4n) is 3.81. The molecule has 2 aromatic rings. The highest BCUT2D eigenvalue weighted by atomic mass is 19.1. The van der Waals surface area contributed by atoms with Gasteiger partial charge in [0.1, 0.15) is 11.6 Å². The number of nitrogens with one attached hydrogen (secondary N) is 2. The van der Waals surface area contributed by atoms with Crippen molar-refractivity contribution in [2.24, 2.45) is 5.92 Å². The van der Waals surface area contributed by atoms with Gasteiger partial charge in [-0.05, 0) is 54.6 Å². The van der Waals surface area contributed by atoms with Crippen molar-refractivity contribution in [1.29, 1.82) is 0 Å². The van der Waals surface area contributed by atoms with Gasteiger partial charge in [0.25, 0.3) is 0 Å². The van der Waals surface area contributed by atoms with Crippen molar-refractivity contribution in [1.82, 2.24) is 15.5 Å². The minimum atomic E-state index is -0.254. The van der Waals surface area contributed by atoms with Gasteiger partial charge in [0, 0.05) is 61.9 Å². The first-order chi connectivity index (χ1) is 16.8. The van der Waals surface area contributed by atoms with E-state index in [4.69, 9.17) is 9.84 Å². The summed E-state index contributed by atoms with van der Waals surface area (Å²) in [6.45, 7) is 14.1. The van der Waals surface area contributed by atoms with Crippen LogP contribution in [0.2, 0.25) is 0 Å². The Morgan fingerprint density at radius 3 is 2.46 bits per heavy atom. The monoisotopic (exact) mass is 480 g/mol. The van der Waals surface area contributed by atoms with Gasteiger partial charge in [-0.1, -0.05) is 31.9 Å². The third kappa shape index (κ3) is 7.21. The molecule has 0 saturated heterocycles. The van der Waals surface area contributed by atoms with Crippen molar-refractivity contribution >= 4 is 11.4 Å². The van der Waals surface area contributed by atoms with Gasteiger partial charge in [0.15, 0.2) is 0 Å². The number of fused-ring (bicyclic) bond motifs is 1. The first-order valence-corrected chi connectivity index (χ1v) is 11.3. The first-order valence-electron chi connectivity index (χ1n) is 11.3. The second-order valence-corrected chi connectivity index (χ2v) is 8.11. The van der Waals surface area contributed by atoms with E-state index in [9.17, 15) is 4.39 Å². The molecule has 0 bridgehead atoms. The summed E-state index contributed by atoms with van der Waals surface area (Å²) in [5.41, 5.74) is 6.10. The maximum atomic E-state index is 13.3. The largest absolute Gasteiger partial charge is 0.497 e. The topological polar surface area (TPSA) is 60.0 Å². The summed E-state index contributed by atoms with van der Waals surface area (Å²) in [7, 11) is 7.16.